The minimum absolute atomic E-state index is 0.199. The van der Waals surface area contributed by atoms with Gasteiger partial charge >= 0.3 is 0 Å². The van der Waals surface area contributed by atoms with Crippen LogP contribution in [0, 0.1) is 6.92 Å². The average molecular weight is 329 g/mol. The fraction of sp³-hybridized carbons (Fsp3) is 0.471. The van der Waals surface area contributed by atoms with Gasteiger partial charge in [0.05, 0.1) is 18.9 Å². The van der Waals surface area contributed by atoms with Gasteiger partial charge in [-0.1, -0.05) is 18.2 Å². The molecule has 1 aromatic heterocycles. The van der Waals surface area contributed by atoms with Crippen LogP contribution in [0.15, 0.2) is 30.6 Å². The second kappa shape index (κ2) is 8.03. The van der Waals surface area contributed by atoms with Gasteiger partial charge < -0.3 is 10.1 Å². The van der Waals surface area contributed by atoms with Crippen LogP contribution in [0.4, 0.5) is 0 Å². The molecule has 1 aliphatic heterocycles. The van der Waals surface area contributed by atoms with Crippen molar-refractivity contribution in [3.05, 3.63) is 42.0 Å². The number of aryl methyl sites for hydroxylation is 1. The van der Waals surface area contributed by atoms with E-state index in [0.717, 1.165) is 50.5 Å². The summed E-state index contributed by atoms with van der Waals surface area (Å²) in [5.41, 5.74) is 2.01. The molecule has 1 aromatic carbocycles. The van der Waals surface area contributed by atoms with E-state index in [9.17, 15) is 4.79 Å². The van der Waals surface area contributed by atoms with Crippen molar-refractivity contribution in [1.29, 1.82) is 0 Å². The number of morpholine rings is 1. The Morgan fingerprint density at radius 2 is 2.08 bits per heavy atom. The summed E-state index contributed by atoms with van der Waals surface area (Å²) in [4.78, 5) is 18.6. The molecule has 1 saturated heterocycles. The molecule has 2 heterocycles. The number of hydrogen-bond donors (Lipinski definition) is 1. The van der Waals surface area contributed by atoms with Crippen LogP contribution < -0.4 is 5.32 Å². The van der Waals surface area contributed by atoms with Gasteiger partial charge in [0.1, 0.15) is 6.33 Å². The first-order valence-electron chi connectivity index (χ1n) is 8.30. The number of rotatable bonds is 6. The van der Waals surface area contributed by atoms with E-state index in [1.54, 1.807) is 11.0 Å². The second-order valence-electron chi connectivity index (χ2n) is 5.86. The zero-order valence-electron chi connectivity index (χ0n) is 13.9. The highest BCUT2D eigenvalue weighted by Gasteiger charge is 2.13. The Bertz CT molecular complexity index is 679. The van der Waals surface area contributed by atoms with Crippen molar-refractivity contribution in [2.75, 3.05) is 39.4 Å². The van der Waals surface area contributed by atoms with Crippen LogP contribution in [0.25, 0.3) is 5.69 Å². The number of carbonyl (C=O) groups excluding carboxylic acids is 1. The van der Waals surface area contributed by atoms with E-state index in [4.69, 9.17) is 4.74 Å². The average Bonchev–Trinajstić information content (AvgIpc) is 3.10. The Labute approximate surface area is 141 Å². The van der Waals surface area contributed by atoms with Crippen molar-refractivity contribution in [2.45, 2.75) is 13.3 Å². The Balaban J connectivity index is 1.48. The molecule has 1 amide bonds. The lowest BCUT2D eigenvalue weighted by Gasteiger charge is -2.26. The molecule has 1 aliphatic rings. The standard InChI is InChI=1S/C17H23N5O2/c1-14-5-2-3-6-15(14)22-13-19-16(20-22)17(23)18-7-4-8-21-9-11-24-12-10-21/h2-3,5-6,13H,4,7-12H2,1H3,(H,18,23). The van der Waals surface area contributed by atoms with Crippen LogP contribution in [0.1, 0.15) is 22.6 Å². The van der Waals surface area contributed by atoms with Gasteiger partial charge in [-0.2, -0.15) is 0 Å². The molecule has 0 aliphatic carbocycles. The fourth-order valence-electron chi connectivity index (χ4n) is 2.71. The molecule has 1 N–H and O–H groups in total. The Morgan fingerprint density at radius 1 is 1.29 bits per heavy atom. The molecule has 0 radical (unpaired) electrons. The summed E-state index contributed by atoms with van der Waals surface area (Å²) < 4.78 is 6.96. The molecule has 0 atom stereocenters. The highest BCUT2D eigenvalue weighted by atomic mass is 16.5. The van der Waals surface area contributed by atoms with E-state index in [2.05, 4.69) is 20.3 Å². The topological polar surface area (TPSA) is 72.3 Å². The maximum absolute atomic E-state index is 12.1. The highest BCUT2D eigenvalue weighted by molar-refractivity contribution is 5.90. The molecule has 0 spiro atoms. The summed E-state index contributed by atoms with van der Waals surface area (Å²) in [6.45, 7) is 7.12. The van der Waals surface area contributed by atoms with Gasteiger partial charge in [-0.05, 0) is 31.5 Å². The molecule has 128 valence electrons. The summed E-state index contributed by atoms with van der Waals surface area (Å²) in [6, 6.07) is 7.86. The molecule has 0 saturated carbocycles. The number of carbonyl (C=O) groups is 1. The maximum atomic E-state index is 12.1. The van der Waals surface area contributed by atoms with Gasteiger partial charge in [-0.3, -0.25) is 9.69 Å². The van der Waals surface area contributed by atoms with Gasteiger partial charge in [0, 0.05) is 19.6 Å². The molecule has 1 fully saturated rings. The van der Waals surface area contributed by atoms with Crippen LogP contribution in [0.3, 0.4) is 0 Å². The molecule has 7 heteroatoms. The van der Waals surface area contributed by atoms with Crippen LogP contribution in [0.5, 0.6) is 0 Å². The SMILES string of the molecule is Cc1ccccc1-n1cnc(C(=O)NCCCN2CCOCC2)n1. The number of amides is 1. The van der Waals surface area contributed by atoms with Crippen molar-refractivity contribution in [3.63, 3.8) is 0 Å². The van der Waals surface area contributed by atoms with Crippen LogP contribution in [0.2, 0.25) is 0 Å². The molecule has 0 bridgehead atoms. The summed E-state index contributed by atoms with van der Waals surface area (Å²) in [7, 11) is 0. The monoisotopic (exact) mass is 329 g/mol. The van der Waals surface area contributed by atoms with E-state index in [1.807, 2.05) is 31.2 Å². The van der Waals surface area contributed by atoms with E-state index in [1.165, 1.54) is 0 Å². The van der Waals surface area contributed by atoms with Gasteiger partial charge in [0.15, 0.2) is 0 Å². The zero-order valence-corrected chi connectivity index (χ0v) is 13.9. The van der Waals surface area contributed by atoms with E-state index in [0.29, 0.717) is 6.54 Å². The normalized spacial score (nSPS) is 15.4. The second-order valence-corrected chi connectivity index (χ2v) is 5.86. The summed E-state index contributed by atoms with van der Waals surface area (Å²) in [5, 5.41) is 7.16. The first-order chi connectivity index (χ1) is 11.7. The third-order valence-electron chi connectivity index (χ3n) is 4.10. The van der Waals surface area contributed by atoms with Gasteiger partial charge in [-0.15, -0.1) is 5.10 Å². The lowest BCUT2D eigenvalue weighted by atomic mass is 10.2. The van der Waals surface area contributed by atoms with Crippen molar-refractivity contribution >= 4 is 5.91 Å². The van der Waals surface area contributed by atoms with Crippen molar-refractivity contribution < 1.29 is 9.53 Å². The van der Waals surface area contributed by atoms with Crippen LogP contribution >= 0.6 is 0 Å². The molecule has 2 aromatic rings. The number of hydrogen-bond acceptors (Lipinski definition) is 5. The first kappa shape index (κ1) is 16.6. The molecule has 0 unspecified atom stereocenters. The van der Waals surface area contributed by atoms with Crippen LogP contribution in [-0.4, -0.2) is 65.0 Å². The predicted molar refractivity (Wildman–Crippen MR) is 90.3 cm³/mol. The van der Waals surface area contributed by atoms with Crippen LogP contribution in [-0.2, 0) is 4.74 Å². The first-order valence-corrected chi connectivity index (χ1v) is 8.30. The summed E-state index contributed by atoms with van der Waals surface area (Å²) in [6.07, 6.45) is 2.48. The van der Waals surface area contributed by atoms with E-state index >= 15 is 0 Å². The maximum Gasteiger partial charge on any atom is 0.290 e. The summed E-state index contributed by atoms with van der Waals surface area (Å²) >= 11 is 0. The molecule has 7 nitrogen and oxygen atoms in total. The van der Waals surface area contributed by atoms with Crippen molar-refractivity contribution in [2.24, 2.45) is 0 Å². The molecular formula is C17H23N5O2. The third kappa shape index (κ3) is 4.18. The Kier molecular flexibility index (Phi) is 5.55. The number of nitrogens with zero attached hydrogens (tertiary/aromatic N) is 4. The van der Waals surface area contributed by atoms with Gasteiger partial charge in [-0.25, -0.2) is 9.67 Å². The minimum Gasteiger partial charge on any atom is -0.379 e. The number of benzene rings is 1. The van der Waals surface area contributed by atoms with E-state index < -0.39 is 0 Å². The quantitative estimate of drug-likeness (QED) is 0.802. The van der Waals surface area contributed by atoms with Crippen molar-refractivity contribution in [3.8, 4) is 5.69 Å². The summed E-state index contributed by atoms with van der Waals surface area (Å²) in [5.74, 6) is -0.0334. The number of ether oxygens (including phenoxy) is 1. The van der Waals surface area contributed by atoms with E-state index in [-0.39, 0.29) is 11.7 Å². The number of aromatic nitrogens is 3. The fourth-order valence-corrected chi connectivity index (χ4v) is 2.71. The number of nitrogens with one attached hydrogen (secondary N) is 1. The minimum atomic E-state index is -0.232. The third-order valence-corrected chi connectivity index (χ3v) is 4.10. The lowest BCUT2D eigenvalue weighted by Crippen LogP contribution is -2.38. The van der Waals surface area contributed by atoms with Gasteiger partial charge in [0.25, 0.3) is 5.91 Å². The zero-order chi connectivity index (χ0) is 16.8. The molecule has 24 heavy (non-hydrogen) atoms. The Hall–Kier alpha value is -2.25. The lowest BCUT2D eigenvalue weighted by molar-refractivity contribution is 0.0374. The Morgan fingerprint density at radius 3 is 2.88 bits per heavy atom. The number of para-hydroxylation sites is 1. The molecule has 3 rings (SSSR count). The molecular weight excluding hydrogens is 306 g/mol. The predicted octanol–water partition coefficient (Wildman–Crippen LogP) is 1.03. The highest BCUT2D eigenvalue weighted by Crippen LogP contribution is 2.11. The van der Waals surface area contributed by atoms with Gasteiger partial charge in [0.2, 0.25) is 5.82 Å². The smallest absolute Gasteiger partial charge is 0.290 e. The van der Waals surface area contributed by atoms with Crippen molar-refractivity contribution in [1.82, 2.24) is 25.0 Å². The largest absolute Gasteiger partial charge is 0.379 e.